The van der Waals surface area contributed by atoms with Crippen LogP contribution in [0, 0.1) is 5.82 Å². The summed E-state index contributed by atoms with van der Waals surface area (Å²) in [6.07, 6.45) is -1.81. The number of nitrogens with zero attached hydrogens (tertiary/aromatic N) is 2. The van der Waals surface area contributed by atoms with Crippen molar-refractivity contribution in [3.05, 3.63) is 42.1 Å². The Morgan fingerprint density at radius 2 is 2.22 bits per heavy atom. The Hall–Kier alpha value is -2.20. The van der Waals surface area contributed by atoms with Crippen LogP contribution in [0.15, 0.2) is 30.6 Å². The van der Waals surface area contributed by atoms with E-state index in [1.165, 1.54) is 12.3 Å². The Kier molecular flexibility index (Phi) is 4.85. The molecule has 0 radical (unpaired) electrons. The lowest BCUT2D eigenvalue weighted by Crippen LogP contribution is -2.65. The number of hydrogen-bond donors (Lipinski definition) is 3. The number of hydrogen-bond acceptors (Lipinski definition) is 5. The minimum atomic E-state index is -4.89. The maximum Gasteiger partial charge on any atom is 0.421 e. The molecule has 0 saturated carbocycles. The standard InChI is InChI=1S/C13H15F4N5O/c14-9-2-1-5-19-10(9)8-20-11(23)12(13(15,16)17)3-6-22(21-12)7-4-18/h1-3,5-6,21H,4,7-8,18H2,(H,20,23). The molecule has 4 N–H and O–H groups in total. The van der Waals surface area contributed by atoms with Crippen LogP contribution in [0.4, 0.5) is 17.6 Å². The zero-order valence-corrected chi connectivity index (χ0v) is 11.9. The van der Waals surface area contributed by atoms with Crippen LogP contribution >= 0.6 is 0 Å². The SMILES string of the molecule is NCCN1C=CC(C(=O)NCc2ncccc2F)(C(F)(F)F)N1. The average Bonchev–Trinajstić information content (AvgIpc) is 2.92. The first-order chi connectivity index (χ1) is 10.8. The van der Waals surface area contributed by atoms with Crippen molar-refractivity contribution in [1.29, 1.82) is 0 Å². The highest BCUT2D eigenvalue weighted by Crippen LogP contribution is 2.35. The van der Waals surface area contributed by atoms with E-state index in [9.17, 15) is 22.4 Å². The molecule has 1 atom stereocenters. The third kappa shape index (κ3) is 3.42. The number of carbonyl (C=O) groups is 1. The van der Waals surface area contributed by atoms with Crippen LogP contribution < -0.4 is 16.5 Å². The van der Waals surface area contributed by atoms with E-state index in [0.29, 0.717) is 6.08 Å². The smallest absolute Gasteiger partial charge is 0.348 e. The van der Waals surface area contributed by atoms with Crippen molar-refractivity contribution in [2.75, 3.05) is 13.1 Å². The van der Waals surface area contributed by atoms with Gasteiger partial charge in [0.1, 0.15) is 5.82 Å². The molecule has 1 aromatic heterocycles. The van der Waals surface area contributed by atoms with Crippen molar-refractivity contribution in [2.45, 2.75) is 18.3 Å². The van der Waals surface area contributed by atoms with Gasteiger partial charge >= 0.3 is 6.18 Å². The number of carbonyl (C=O) groups excluding carboxylic acids is 1. The molecule has 1 aromatic rings. The molecule has 6 nitrogen and oxygen atoms in total. The van der Waals surface area contributed by atoms with E-state index in [-0.39, 0.29) is 18.8 Å². The van der Waals surface area contributed by atoms with Gasteiger partial charge < -0.3 is 16.1 Å². The van der Waals surface area contributed by atoms with Gasteiger partial charge in [0.2, 0.25) is 5.54 Å². The summed E-state index contributed by atoms with van der Waals surface area (Å²) in [6.45, 7) is -0.266. The summed E-state index contributed by atoms with van der Waals surface area (Å²) in [5, 5.41) is 3.14. The van der Waals surface area contributed by atoms with Crippen LogP contribution in [0.2, 0.25) is 0 Å². The highest BCUT2D eigenvalue weighted by Gasteiger charge is 2.61. The minimum absolute atomic E-state index is 0.0937. The summed E-state index contributed by atoms with van der Waals surface area (Å²) in [5.74, 6) is -2.07. The zero-order chi connectivity index (χ0) is 17.1. The number of aromatic nitrogens is 1. The third-order valence-electron chi connectivity index (χ3n) is 3.25. The number of pyridine rings is 1. The topological polar surface area (TPSA) is 83.3 Å². The Bertz CT molecular complexity index is 606. The highest BCUT2D eigenvalue weighted by atomic mass is 19.4. The fourth-order valence-electron chi connectivity index (χ4n) is 2.04. The van der Waals surface area contributed by atoms with Gasteiger partial charge in [-0.05, 0) is 18.2 Å². The van der Waals surface area contributed by atoms with Crippen molar-refractivity contribution in [1.82, 2.24) is 20.7 Å². The fraction of sp³-hybridized carbons (Fsp3) is 0.385. The second-order valence-corrected chi connectivity index (χ2v) is 4.83. The summed E-state index contributed by atoms with van der Waals surface area (Å²) in [4.78, 5) is 15.8. The maximum atomic E-state index is 13.4. The Balaban J connectivity index is 2.13. The van der Waals surface area contributed by atoms with E-state index < -0.39 is 30.0 Å². The molecule has 0 fully saturated rings. The third-order valence-corrected chi connectivity index (χ3v) is 3.25. The van der Waals surface area contributed by atoms with Crippen LogP contribution in [0.5, 0.6) is 0 Å². The molecule has 2 heterocycles. The molecule has 1 unspecified atom stereocenters. The first-order valence-electron chi connectivity index (χ1n) is 6.68. The summed E-state index contributed by atoms with van der Waals surface area (Å²) in [6, 6.07) is 2.44. The van der Waals surface area contributed by atoms with E-state index in [1.54, 1.807) is 0 Å². The molecule has 23 heavy (non-hydrogen) atoms. The number of hydrazine groups is 1. The fourth-order valence-corrected chi connectivity index (χ4v) is 2.04. The minimum Gasteiger partial charge on any atom is -0.348 e. The molecule has 1 aliphatic rings. The number of nitrogens with two attached hydrogens (primary N) is 1. The second-order valence-electron chi connectivity index (χ2n) is 4.83. The largest absolute Gasteiger partial charge is 0.421 e. The average molecular weight is 333 g/mol. The molecular weight excluding hydrogens is 318 g/mol. The van der Waals surface area contributed by atoms with Crippen LogP contribution in [0.1, 0.15) is 5.69 Å². The van der Waals surface area contributed by atoms with E-state index in [1.807, 2.05) is 0 Å². The number of alkyl halides is 3. The first kappa shape index (κ1) is 17.2. The molecular formula is C13H15F4N5O. The van der Waals surface area contributed by atoms with Crippen molar-refractivity contribution in [2.24, 2.45) is 5.73 Å². The molecule has 1 aliphatic heterocycles. The lowest BCUT2D eigenvalue weighted by Gasteiger charge is -2.31. The van der Waals surface area contributed by atoms with Crippen LogP contribution in [-0.4, -0.2) is 40.7 Å². The molecule has 126 valence electrons. The van der Waals surface area contributed by atoms with Gasteiger partial charge in [-0.3, -0.25) is 9.78 Å². The predicted octanol–water partition coefficient (Wildman–Crippen LogP) is 0.431. The number of nitrogens with one attached hydrogen (secondary N) is 2. The molecule has 1 amide bonds. The van der Waals surface area contributed by atoms with Gasteiger partial charge in [-0.25, -0.2) is 9.82 Å². The Morgan fingerprint density at radius 3 is 2.83 bits per heavy atom. The summed E-state index contributed by atoms with van der Waals surface area (Å²) in [7, 11) is 0. The summed E-state index contributed by atoms with van der Waals surface area (Å²) >= 11 is 0. The highest BCUT2D eigenvalue weighted by molar-refractivity contribution is 5.90. The molecule has 10 heteroatoms. The van der Waals surface area contributed by atoms with Gasteiger partial charge in [-0.15, -0.1) is 0 Å². The van der Waals surface area contributed by atoms with Crippen molar-refractivity contribution in [3.8, 4) is 0 Å². The Morgan fingerprint density at radius 1 is 1.48 bits per heavy atom. The quantitative estimate of drug-likeness (QED) is 0.681. The van der Waals surface area contributed by atoms with Crippen LogP contribution in [0.3, 0.4) is 0 Å². The lowest BCUT2D eigenvalue weighted by molar-refractivity contribution is -0.193. The molecule has 0 saturated heterocycles. The molecule has 0 bridgehead atoms. The predicted molar refractivity (Wildman–Crippen MR) is 72.9 cm³/mol. The van der Waals surface area contributed by atoms with Gasteiger partial charge in [0.15, 0.2) is 0 Å². The number of rotatable bonds is 5. The normalized spacial score (nSPS) is 20.8. The van der Waals surface area contributed by atoms with Crippen molar-refractivity contribution in [3.63, 3.8) is 0 Å². The number of halogens is 4. The molecule has 0 spiro atoms. The Labute approximate surface area is 129 Å². The van der Waals surface area contributed by atoms with E-state index in [0.717, 1.165) is 17.3 Å². The van der Waals surface area contributed by atoms with Gasteiger partial charge in [0.25, 0.3) is 5.91 Å². The van der Waals surface area contributed by atoms with Crippen molar-refractivity contribution < 1.29 is 22.4 Å². The first-order valence-corrected chi connectivity index (χ1v) is 6.68. The lowest BCUT2D eigenvalue weighted by atomic mass is 9.99. The van der Waals surface area contributed by atoms with Gasteiger partial charge in [0.05, 0.1) is 12.2 Å². The maximum absolute atomic E-state index is 13.4. The summed E-state index contributed by atoms with van der Waals surface area (Å²) < 4.78 is 53.5. The molecule has 2 rings (SSSR count). The monoisotopic (exact) mass is 333 g/mol. The van der Waals surface area contributed by atoms with Gasteiger partial charge in [-0.2, -0.15) is 13.2 Å². The van der Waals surface area contributed by atoms with Crippen molar-refractivity contribution >= 4 is 5.91 Å². The molecule has 0 aromatic carbocycles. The van der Waals surface area contributed by atoms with E-state index in [2.05, 4.69) is 15.7 Å². The van der Waals surface area contributed by atoms with E-state index >= 15 is 0 Å². The van der Waals surface area contributed by atoms with Crippen LogP contribution in [0.25, 0.3) is 0 Å². The van der Waals surface area contributed by atoms with Gasteiger partial charge in [-0.1, -0.05) is 0 Å². The molecule has 0 aliphatic carbocycles. The number of amides is 1. The van der Waals surface area contributed by atoms with Gasteiger partial charge in [0, 0.05) is 25.5 Å². The second kappa shape index (κ2) is 6.50. The van der Waals surface area contributed by atoms with Crippen LogP contribution in [-0.2, 0) is 11.3 Å². The zero-order valence-electron chi connectivity index (χ0n) is 11.9. The van der Waals surface area contributed by atoms with E-state index in [4.69, 9.17) is 5.73 Å². The summed E-state index contributed by atoms with van der Waals surface area (Å²) in [5.41, 5.74) is 4.30.